The second-order valence-electron chi connectivity index (χ2n) is 9.23. The maximum atomic E-state index is 12.8. The third kappa shape index (κ3) is 6.69. The van der Waals surface area contributed by atoms with Crippen LogP contribution in [0.1, 0.15) is 32.3 Å². The number of carbonyl (C=O) groups is 4. The molecule has 1 fully saturated rings. The Morgan fingerprint density at radius 2 is 1.97 bits per heavy atom. The van der Waals surface area contributed by atoms with E-state index in [0.717, 1.165) is 16.2 Å². The van der Waals surface area contributed by atoms with E-state index in [1.165, 1.54) is 29.0 Å². The van der Waals surface area contributed by atoms with Crippen molar-refractivity contribution in [1.29, 1.82) is 0 Å². The van der Waals surface area contributed by atoms with Crippen LogP contribution in [0.3, 0.4) is 0 Å². The Labute approximate surface area is 230 Å². The summed E-state index contributed by atoms with van der Waals surface area (Å²) in [6.07, 6.45) is 0. The molecule has 4 heterocycles. The number of β-lactam (4-membered cyclic amide) rings is 1. The molecule has 0 spiro atoms. The van der Waals surface area contributed by atoms with E-state index in [-0.39, 0.29) is 28.8 Å². The van der Waals surface area contributed by atoms with Crippen molar-refractivity contribution in [2.24, 2.45) is 10.6 Å². The van der Waals surface area contributed by atoms with Gasteiger partial charge < -0.3 is 26.1 Å². The van der Waals surface area contributed by atoms with E-state index < -0.39 is 40.6 Å². The predicted octanol–water partition coefficient (Wildman–Crippen LogP) is -0.0734. The molecule has 2 aromatic rings. The number of hydrogen-bond donors (Lipinski definition) is 4. The van der Waals surface area contributed by atoms with Gasteiger partial charge in [0.25, 0.3) is 11.8 Å². The van der Waals surface area contributed by atoms with Crippen LogP contribution in [0.15, 0.2) is 21.8 Å². The van der Waals surface area contributed by atoms with Crippen LogP contribution in [-0.4, -0.2) is 94.0 Å². The molecule has 0 aliphatic carbocycles. The molecule has 0 bridgehead atoms. The van der Waals surface area contributed by atoms with Gasteiger partial charge in [0, 0.05) is 11.1 Å². The average Bonchev–Trinajstić information content (AvgIpc) is 3.47. The normalized spacial score (nSPS) is 18.9. The van der Waals surface area contributed by atoms with Crippen LogP contribution in [-0.2, 0) is 30.6 Å². The number of amides is 2. The number of nitrogens with two attached hydrogens (primary N) is 1. The largest absolute Gasteiger partial charge is 0.481 e. The van der Waals surface area contributed by atoms with Crippen molar-refractivity contribution in [3.8, 4) is 0 Å². The molecule has 0 saturated carbocycles. The Bertz CT molecular complexity index is 1350. The highest BCUT2D eigenvalue weighted by Gasteiger charge is 2.54. The standard InChI is InChI=1S/C16H17N9O5S2.C5H10O2/c1-6-20-23-24(21-6)3-7-4-31-14-10(13(27)25(14)11(7)15(28)29)19-12(26)9(22-30-2)8-5-32-16(17)18-8;1-5(2,3)4(6)7/h5,10,14H,3-4H2,1-2H3,(H2,17,18)(H,19,26)(H,28,29);1-3H3,(H,6,7)/b22-9-;/t10-,14-;/m1./s1. The van der Waals surface area contributed by atoms with E-state index in [9.17, 15) is 24.3 Å². The van der Waals surface area contributed by atoms with Crippen LogP contribution < -0.4 is 11.1 Å². The Morgan fingerprint density at radius 1 is 1.31 bits per heavy atom. The third-order valence-corrected chi connectivity index (χ3v) is 7.24. The number of anilines is 1. The van der Waals surface area contributed by atoms with Gasteiger partial charge in [-0.3, -0.25) is 19.3 Å². The number of oxime groups is 1. The zero-order valence-corrected chi connectivity index (χ0v) is 23.2. The Kier molecular flexibility index (Phi) is 8.90. The topological polar surface area (TPSA) is 228 Å². The van der Waals surface area contributed by atoms with Crippen LogP contribution in [0.25, 0.3) is 0 Å². The highest BCUT2D eigenvalue weighted by atomic mass is 32.2. The number of carboxylic acids is 2. The van der Waals surface area contributed by atoms with Crippen LogP contribution in [0.5, 0.6) is 0 Å². The van der Waals surface area contributed by atoms with Crippen molar-refractivity contribution in [2.45, 2.75) is 45.7 Å². The maximum Gasteiger partial charge on any atom is 0.352 e. The quantitative estimate of drug-likeness (QED) is 0.191. The van der Waals surface area contributed by atoms with Crippen molar-refractivity contribution in [1.82, 2.24) is 35.4 Å². The van der Waals surface area contributed by atoms with Gasteiger partial charge in [-0.25, -0.2) is 9.78 Å². The lowest BCUT2D eigenvalue weighted by atomic mass is 9.98. The first-order chi connectivity index (χ1) is 18.2. The smallest absolute Gasteiger partial charge is 0.352 e. The molecule has 2 aliphatic heterocycles. The maximum absolute atomic E-state index is 12.8. The molecule has 0 aromatic carbocycles. The number of aliphatic carboxylic acids is 2. The lowest BCUT2D eigenvalue weighted by molar-refractivity contribution is -0.150. The number of nitrogens with one attached hydrogen (secondary N) is 1. The minimum absolute atomic E-state index is 0.0822. The number of nitrogens with zero attached hydrogens (tertiary/aromatic N) is 7. The van der Waals surface area contributed by atoms with Gasteiger partial charge in [0.15, 0.2) is 16.7 Å². The number of aromatic nitrogens is 5. The number of carboxylic acid groups (broad SMARTS) is 2. The van der Waals surface area contributed by atoms with Gasteiger partial charge >= 0.3 is 11.9 Å². The van der Waals surface area contributed by atoms with E-state index in [1.807, 2.05) is 0 Å². The molecular weight excluding hydrogens is 554 g/mol. The fourth-order valence-electron chi connectivity index (χ4n) is 3.27. The first kappa shape index (κ1) is 29.5. The summed E-state index contributed by atoms with van der Waals surface area (Å²) in [5, 5.41) is 37.1. The molecule has 16 nitrogen and oxygen atoms in total. The van der Waals surface area contributed by atoms with Crippen LogP contribution in [0, 0.1) is 12.3 Å². The van der Waals surface area contributed by atoms with Gasteiger partial charge in [0.2, 0.25) is 0 Å². The summed E-state index contributed by atoms with van der Waals surface area (Å²) in [4.78, 5) is 58.7. The molecule has 0 radical (unpaired) electrons. The van der Waals surface area contributed by atoms with Gasteiger partial charge in [0.1, 0.15) is 29.9 Å². The first-order valence-electron chi connectivity index (χ1n) is 11.3. The summed E-state index contributed by atoms with van der Waals surface area (Å²) >= 11 is 2.44. The molecule has 0 unspecified atom stereocenters. The minimum Gasteiger partial charge on any atom is -0.481 e. The number of nitrogen functional groups attached to an aromatic ring is 1. The molecule has 210 valence electrons. The van der Waals surface area contributed by atoms with Crippen molar-refractivity contribution >= 4 is 57.7 Å². The third-order valence-electron chi connectivity index (χ3n) is 5.23. The summed E-state index contributed by atoms with van der Waals surface area (Å²) in [5.74, 6) is -2.49. The number of hydrogen-bond acceptors (Lipinski definition) is 13. The van der Waals surface area contributed by atoms with Gasteiger partial charge in [-0.1, -0.05) is 5.16 Å². The number of thioether (sulfide) groups is 1. The zero-order chi connectivity index (χ0) is 29.1. The molecule has 5 N–H and O–H groups in total. The molecule has 4 rings (SSSR count). The summed E-state index contributed by atoms with van der Waals surface area (Å²) in [6, 6.07) is -0.937. The Morgan fingerprint density at radius 3 is 2.46 bits per heavy atom. The molecule has 2 amide bonds. The highest BCUT2D eigenvalue weighted by Crippen LogP contribution is 2.40. The molecule has 39 heavy (non-hydrogen) atoms. The number of aryl methyl sites for hydroxylation is 1. The second kappa shape index (κ2) is 11.8. The molecule has 1 saturated heterocycles. The number of rotatable bonds is 7. The van der Waals surface area contributed by atoms with Gasteiger partial charge in [-0.15, -0.1) is 33.3 Å². The lowest BCUT2D eigenvalue weighted by Crippen LogP contribution is -2.71. The van der Waals surface area contributed by atoms with E-state index >= 15 is 0 Å². The van der Waals surface area contributed by atoms with Crippen molar-refractivity contribution in [3.05, 3.63) is 28.2 Å². The van der Waals surface area contributed by atoms with Crippen molar-refractivity contribution < 1.29 is 34.2 Å². The molecule has 2 atom stereocenters. The van der Waals surface area contributed by atoms with Gasteiger partial charge in [0.05, 0.1) is 12.0 Å². The fraction of sp³-hybridized carbons (Fsp3) is 0.476. The van der Waals surface area contributed by atoms with Gasteiger partial charge in [-0.05, 0) is 38.5 Å². The summed E-state index contributed by atoms with van der Waals surface area (Å²) in [5.41, 5.74) is 5.42. The number of fused-ring (bicyclic) bond motifs is 1. The van der Waals surface area contributed by atoms with Crippen molar-refractivity contribution in [2.75, 3.05) is 18.6 Å². The summed E-state index contributed by atoms with van der Waals surface area (Å²) in [7, 11) is 1.27. The second-order valence-corrected chi connectivity index (χ2v) is 11.2. The minimum atomic E-state index is -1.25. The number of tetrazole rings is 1. The molecule has 2 aliphatic rings. The first-order valence-corrected chi connectivity index (χ1v) is 13.2. The van der Waals surface area contributed by atoms with Crippen LogP contribution in [0.2, 0.25) is 0 Å². The van der Waals surface area contributed by atoms with E-state index in [1.54, 1.807) is 27.7 Å². The average molecular weight is 582 g/mol. The van der Waals surface area contributed by atoms with E-state index in [4.69, 9.17) is 15.7 Å². The molecule has 2 aromatic heterocycles. The zero-order valence-electron chi connectivity index (χ0n) is 21.6. The fourth-order valence-corrected chi connectivity index (χ4v) is 5.15. The van der Waals surface area contributed by atoms with Crippen LogP contribution >= 0.6 is 23.1 Å². The number of carbonyl (C=O) groups excluding carboxylic acids is 2. The Hall–Kier alpha value is -4.06. The molecular formula is C21H27N9O7S2. The van der Waals surface area contributed by atoms with Gasteiger partial charge in [-0.2, -0.15) is 4.80 Å². The predicted molar refractivity (Wildman–Crippen MR) is 139 cm³/mol. The lowest BCUT2D eigenvalue weighted by Gasteiger charge is -2.49. The Balaban J connectivity index is 0.000000532. The summed E-state index contributed by atoms with van der Waals surface area (Å²) in [6.45, 7) is 6.73. The SMILES string of the molecule is CC(C)(C)C(=O)O.CO/N=C(\C(=O)N[C@@H]1C(=O)N2C(C(=O)O)=C(Cn3nnc(C)n3)CS[C@H]12)c1csc(N)n1. The highest BCUT2D eigenvalue weighted by molar-refractivity contribution is 8.00. The summed E-state index contributed by atoms with van der Waals surface area (Å²) < 4.78 is 0. The van der Waals surface area contributed by atoms with Crippen LogP contribution in [0.4, 0.5) is 5.13 Å². The van der Waals surface area contributed by atoms with Crippen molar-refractivity contribution in [3.63, 3.8) is 0 Å². The monoisotopic (exact) mass is 581 g/mol. The van der Waals surface area contributed by atoms with E-state index in [2.05, 4.69) is 30.9 Å². The van der Waals surface area contributed by atoms with E-state index in [0.29, 0.717) is 17.2 Å². The number of thiazole rings is 1. The molecule has 18 heteroatoms.